The summed E-state index contributed by atoms with van der Waals surface area (Å²) in [7, 11) is 6.89. The summed E-state index contributed by atoms with van der Waals surface area (Å²) in [5.74, 6) is 0.697. The number of hydrogen-bond acceptors (Lipinski definition) is 7. The second-order valence-electron chi connectivity index (χ2n) is 14.5. The minimum absolute atomic E-state index is 0.0543. The second-order valence-corrected chi connectivity index (χ2v) is 14.5. The van der Waals surface area contributed by atoms with Crippen molar-refractivity contribution in [1.82, 2.24) is 19.6 Å². The number of benzene rings is 4. The van der Waals surface area contributed by atoms with Crippen molar-refractivity contribution in [3.05, 3.63) is 131 Å². The molecule has 1 aliphatic rings. The normalized spacial score (nSPS) is 13.7. The summed E-state index contributed by atoms with van der Waals surface area (Å²) in [6.45, 7) is 5.81. The fraction of sp³-hybridized carbons (Fsp3) is 0.356. The molecule has 0 bridgehead atoms. The summed E-state index contributed by atoms with van der Waals surface area (Å²) < 4.78 is 50.6. The molecule has 1 saturated heterocycles. The molecular formula is C45H52F3N5O5. The van der Waals surface area contributed by atoms with Crippen LogP contribution < -0.4 is 14.4 Å². The van der Waals surface area contributed by atoms with Crippen LogP contribution in [0.1, 0.15) is 34.7 Å². The molecule has 0 N–H and O–H groups in total. The molecule has 1 heterocycles. The largest absolute Gasteiger partial charge is 0.497 e. The van der Waals surface area contributed by atoms with Crippen LogP contribution in [0.3, 0.4) is 0 Å². The standard InChI is InChI=1S/C45H52F3N5O5/c1-33(54)51-23-25-52(26-24-51)39-18-13-36(14-19-39)32-53(43(55)20-15-34-11-16-38(17-12-34)45(46,47)48)42(29-35-9-7-6-8-10-35)44(56)50(3)22-21-49(2)31-37-27-40(57-4)30-41(28-37)58-5/h6-20,27-28,30,42H,21-26,29,31-32H2,1-5H3. The Bertz CT molecular complexity index is 1980. The Kier molecular flexibility index (Phi) is 15.0. The Labute approximate surface area is 339 Å². The molecule has 1 atom stereocenters. The summed E-state index contributed by atoms with van der Waals surface area (Å²) in [4.78, 5) is 50.0. The van der Waals surface area contributed by atoms with Crippen LogP contribution >= 0.6 is 0 Å². The third kappa shape index (κ3) is 12.1. The fourth-order valence-corrected chi connectivity index (χ4v) is 6.88. The number of alkyl halides is 3. The Morgan fingerprint density at radius 3 is 1.95 bits per heavy atom. The SMILES string of the molecule is COc1cc(CN(C)CCN(C)C(=O)C(Cc2ccccc2)N(Cc2ccc(N3CCN(C(C)=O)CC3)cc2)C(=O)C=Cc2ccc(C(F)(F)F)cc2)cc(OC)c1. The molecular weight excluding hydrogens is 748 g/mol. The number of anilines is 1. The van der Waals surface area contributed by atoms with E-state index in [4.69, 9.17) is 9.47 Å². The summed E-state index contributed by atoms with van der Waals surface area (Å²) >= 11 is 0. The van der Waals surface area contributed by atoms with Gasteiger partial charge in [-0.25, -0.2) is 0 Å². The van der Waals surface area contributed by atoms with Crippen LogP contribution in [-0.4, -0.2) is 111 Å². The number of carbonyl (C=O) groups excluding carboxylic acids is 3. The monoisotopic (exact) mass is 799 g/mol. The van der Waals surface area contributed by atoms with Gasteiger partial charge in [0.2, 0.25) is 17.7 Å². The first kappa shape index (κ1) is 43.3. The van der Waals surface area contributed by atoms with Crippen molar-refractivity contribution in [3.8, 4) is 11.5 Å². The zero-order chi connectivity index (χ0) is 41.8. The van der Waals surface area contributed by atoms with Gasteiger partial charge in [-0.05, 0) is 71.8 Å². The zero-order valence-corrected chi connectivity index (χ0v) is 33.7. The maximum atomic E-state index is 14.6. The van der Waals surface area contributed by atoms with Crippen LogP contribution in [0.15, 0.2) is 103 Å². The van der Waals surface area contributed by atoms with Crippen molar-refractivity contribution < 1.29 is 37.0 Å². The molecule has 5 rings (SSSR count). The van der Waals surface area contributed by atoms with Crippen LogP contribution in [0.5, 0.6) is 11.5 Å². The Morgan fingerprint density at radius 1 is 0.759 bits per heavy atom. The lowest BCUT2D eigenvalue weighted by Gasteiger charge is -2.36. The van der Waals surface area contributed by atoms with Gasteiger partial charge < -0.3 is 34.0 Å². The van der Waals surface area contributed by atoms with Gasteiger partial charge in [0.05, 0.1) is 19.8 Å². The molecule has 0 aliphatic carbocycles. The van der Waals surface area contributed by atoms with Gasteiger partial charge in [0, 0.05) is 90.6 Å². The molecule has 0 radical (unpaired) electrons. The van der Waals surface area contributed by atoms with Gasteiger partial charge in [0.15, 0.2) is 0 Å². The molecule has 1 unspecified atom stereocenters. The van der Waals surface area contributed by atoms with E-state index < -0.39 is 23.7 Å². The molecule has 58 heavy (non-hydrogen) atoms. The number of methoxy groups -OCH3 is 2. The van der Waals surface area contributed by atoms with Gasteiger partial charge in [0.25, 0.3) is 0 Å². The summed E-state index contributed by atoms with van der Waals surface area (Å²) in [5.41, 5.74) is 3.26. The van der Waals surface area contributed by atoms with Gasteiger partial charge >= 0.3 is 6.18 Å². The predicted molar refractivity (Wildman–Crippen MR) is 219 cm³/mol. The van der Waals surface area contributed by atoms with E-state index in [2.05, 4.69) is 9.80 Å². The molecule has 0 spiro atoms. The van der Waals surface area contributed by atoms with Crippen molar-refractivity contribution in [1.29, 1.82) is 0 Å². The number of carbonyl (C=O) groups is 3. The van der Waals surface area contributed by atoms with Gasteiger partial charge in [0.1, 0.15) is 17.5 Å². The quantitative estimate of drug-likeness (QED) is 0.118. The molecule has 1 aliphatic heterocycles. The van der Waals surface area contributed by atoms with E-state index in [0.29, 0.717) is 62.9 Å². The smallest absolute Gasteiger partial charge is 0.416 e. The maximum Gasteiger partial charge on any atom is 0.416 e. The van der Waals surface area contributed by atoms with Crippen LogP contribution in [0.25, 0.3) is 6.08 Å². The minimum atomic E-state index is -4.48. The van der Waals surface area contributed by atoms with Gasteiger partial charge in [-0.1, -0.05) is 54.6 Å². The lowest BCUT2D eigenvalue weighted by Crippen LogP contribution is -2.51. The molecule has 3 amide bonds. The predicted octanol–water partition coefficient (Wildman–Crippen LogP) is 6.63. The molecule has 4 aromatic rings. The van der Waals surface area contributed by atoms with Gasteiger partial charge in [-0.3, -0.25) is 14.4 Å². The number of ether oxygens (including phenoxy) is 2. The highest BCUT2D eigenvalue weighted by Crippen LogP contribution is 2.29. The van der Waals surface area contributed by atoms with E-state index in [1.807, 2.05) is 84.7 Å². The summed E-state index contributed by atoms with van der Waals surface area (Å²) in [6.07, 6.45) is -1.47. The number of hydrogen-bond donors (Lipinski definition) is 0. The Balaban J connectivity index is 1.40. The molecule has 4 aromatic carbocycles. The molecule has 0 aromatic heterocycles. The van der Waals surface area contributed by atoms with Crippen molar-refractivity contribution in [2.75, 3.05) is 72.5 Å². The molecule has 13 heteroatoms. The fourth-order valence-electron chi connectivity index (χ4n) is 6.88. The second kappa shape index (κ2) is 20.0. The average Bonchev–Trinajstić information content (AvgIpc) is 3.23. The van der Waals surface area contributed by atoms with Crippen LogP contribution in [0, 0.1) is 0 Å². The van der Waals surface area contributed by atoms with E-state index >= 15 is 0 Å². The van der Waals surface area contributed by atoms with Crippen LogP contribution in [-0.2, 0) is 40.1 Å². The van der Waals surface area contributed by atoms with E-state index in [0.717, 1.165) is 34.5 Å². The maximum absolute atomic E-state index is 14.6. The number of halogens is 3. The molecule has 1 fully saturated rings. The highest BCUT2D eigenvalue weighted by molar-refractivity contribution is 5.95. The first-order valence-corrected chi connectivity index (χ1v) is 19.2. The van der Waals surface area contributed by atoms with Crippen LogP contribution in [0.4, 0.5) is 18.9 Å². The van der Waals surface area contributed by atoms with E-state index in [1.54, 1.807) is 38.0 Å². The lowest BCUT2D eigenvalue weighted by atomic mass is 10.0. The molecule has 10 nitrogen and oxygen atoms in total. The number of amides is 3. The number of likely N-dealkylation sites (N-methyl/N-ethyl adjacent to an activating group) is 2. The van der Waals surface area contributed by atoms with Crippen molar-refractivity contribution >= 4 is 29.5 Å². The Morgan fingerprint density at radius 2 is 1.38 bits per heavy atom. The van der Waals surface area contributed by atoms with Gasteiger partial charge in [-0.2, -0.15) is 13.2 Å². The van der Waals surface area contributed by atoms with E-state index in [-0.39, 0.29) is 24.8 Å². The highest BCUT2D eigenvalue weighted by atomic mass is 19.4. The summed E-state index contributed by atoms with van der Waals surface area (Å²) in [6, 6.07) is 26.6. The Hall–Kier alpha value is -5.82. The van der Waals surface area contributed by atoms with E-state index in [1.165, 1.54) is 24.3 Å². The third-order valence-electron chi connectivity index (χ3n) is 10.3. The van der Waals surface area contributed by atoms with Crippen molar-refractivity contribution in [3.63, 3.8) is 0 Å². The average molecular weight is 800 g/mol. The van der Waals surface area contributed by atoms with Crippen LogP contribution in [0.2, 0.25) is 0 Å². The first-order chi connectivity index (χ1) is 27.7. The summed E-state index contributed by atoms with van der Waals surface area (Å²) in [5, 5.41) is 0. The highest BCUT2D eigenvalue weighted by Gasteiger charge is 2.32. The number of piperazine rings is 1. The lowest BCUT2D eigenvalue weighted by molar-refractivity contribution is -0.143. The topological polar surface area (TPSA) is 85.9 Å². The van der Waals surface area contributed by atoms with Gasteiger partial charge in [-0.15, -0.1) is 0 Å². The van der Waals surface area contributed by atoms with Crippen molar-refractivity contribution in [2.45, 2.75) is 38.7 Å². The first-order valence-electron chi connectivity index (χ1n) is 19.2. The molecule has 308 valence electrons. The van der Waals surface area contributed by atoms with E-state index in [9.17, 15) is 27.6 Å². The minimum Gasteiger partial charge on any atom is -0.497 e. The number of rotatable bonds is 16. The van der Waals surface area contributed by atoms with Crippen molar-refractivity contribution in [2.24, 2.45) is 0 Å². The zero-order valence-electron chi connectivity index (χ0n) is 33.7. The third-order valence-corrected chi connectivity index (χ3v) is 10.3. The molecule has 0 saturated carbocycles. The number of nitrogens with zero attached hydrogens (tertiary/aromatic N) is 5.